The molecule has 0 heterocycles. The first kappa shape index (κ1) is 14.9. The maximum absolute atomic E-state index is 11.0. The van der Waals surface area contributed by atoms with Crippen molar-refractivity contribution < 1.29 is 14.6 Å². The number of hydrogen-bond acceptors (Lipinski definition) is 3. The maximum atomic E-state index is 11.0. The van der Waals surface area contributed by atoms with Crippen LogP contribution >= 0.6 is 11.8 Å². The average molecular weight is 268 g/mol. The SMILES string of the molecule is CC[C@H](C)SCCCOc1ccccc1C(=O)O. The summed E-state index contributed by atoms with van der Waals surface area (Å²) in [6.07, 6.45) is 2.11. The van der Waals surface area contributed by atoms with Crippen LogP contribution in [0.15, 0.2) is 24.3 Å². The monoisotopic (exact) mass is 268 g/mol. The van der Waals surface area contributed by atoms with Gasteiger partial charge in [-0.05, 0) is 30.7 Å². The summed E-state index contributed by atoms with van der Waals surface area (Å²) in [6.45, 7) is 4.95. The Morgan fingerprint density at radius 1 is 1.44 bits per heavy atom. The van der Waals surface area contributed by atoms with Gasteiger partial charge in [0.1, 0.15) is 11.3 Å². The highest BCUT2D eigenvalue weighted by Gasteiger charge is 2.09. The van der Waals surface area contributed by atoms with E-state index in [1.54, 1.807) is 24.3 Å². The van der Waals surface area contributed by atoms with Crippen LogP contribution < -0.4 is 4.74 Å². The van der Waals surface area contributed by atoms with Crippen LogP contribution in [0.3, 0.4) is 0 Å². The summed E-state index contributed by atoms with van der Waals surface area (Å²) < 4.78 is 5.52. The molecule has 18 heavy (non-hydrogen) atoms. The van der Waals surface area contributed by atoms with E-state index in [1.807, 2.05) is 11.8 Å². The minimum absolute atomic E-state index is 0.229. The zero-order valence-electron chi connectivity index (χ0n) is 10.9. The highest BCUT2D eigenvalue weighted by molar-refractivity contribution is 7.99. The molecule has 0 radical (unpaired) electrons. The number of rotatable bonds is 8. The highest BCUT2D eigenvalue weighted by Crippen LogP contribution is 2.19. The highest BCUT2D eigenvalue weighted by atomic mass is 32.2. The lowest BCUT2D eigenvalue weighted by Gasteiger charge is -2.10. The second-order valence-corrected chi connectivity index (χ2v) is 5.64. The number of benzene rings is 1. The van der Waals surface area contributed by atoms with Gasteiger partial charge in [0, 0.05) is 5.25 Å². The molecule has 1 N–H and O–H groups in total. The number of aromatic carboxylic acids is 1. The zero-order valence-corrected chi connectivity index (χ0v) is 11.7. The van der Waals surface area contributed by atoms with E-state index in [9.17, 15) is 4.79 Å². The largest absolute Gasteiger partial charge is 0.493 e. The van der Waals surface area contributed by atoms with Gasteiger partial charge >= 0.3 is 5.97 Å². The number of thioether (sulfide) groups is 1. The Morgan fingerprint density at radius 3 is 2.83 bits per heavy atom. The van der Waals surface area contributed by atoms with Gasteiger partial charge in [-0.1, -0.05) is 26.0 Å². The Hall–Kier alpha value is -1.16. The minimum Gasteiger partial charge on any atom is -0.493 e. The molecule has 0 aliphatic carbocycles. The second-order valence-electron chi connectivity index (χ2n) is 4.09. The van der Waals surface area contributed by atoms with Crippen LogP contribution in [-0.2, 0) is 0 Å². The van der Waals surface area contributed by atoms with Crippen LogP contribution in [0.5, 0.6) is 5.75 Å². The lowest BCUT2D eigenvalue weighted by molar-refractivity contribution is 0.0692. The van der Waals surface area contributed by atoms with Crippen molar-refractivity contribution in [1.82, 2.24) is 0 Å². The van der Waals surface area contributed by atoms with Gasteiger partial charge < -0.3 is 9.84 Å². The van der Waals surface area contributed by atoms with Crippen LogP contribution in [0.25, 0.3) is 0 Å². The first-order valence-corrected chi connectivity index (χ1v) is 7.26. The lowest BCUT2D eigenvalue weighted by atomic mass is 10.2. The summed E-state index contributed by atoms with van der Waals surface area (Å²) in [6, 6.07) is 6.75. The molecule has 0 saturated heterocycles. The van der Waals surface area contributed by atoms with Crippen LogP contribution in [0.1, 0.15) is 37.0 Å². The van der Waals surface area contributed by atoms with Crippen molar-refractivity contribution in [2.24, 2.45) is 0 Å². The quantitative estimate of drug-likeness (QED) is 0.730. The van der Waals surface area contributed by atoms with Crippen molar-refractivity contribution in [3.63, 3.8) is 0 Å². The molecule has 0 unspecified atom stereocenters. The van der Waals surface area contributed by atoms with E-state index >= 15 is 0 Å². The Kier molecular flexibility index (Phi) is 6.65. The van der Waals surface area contributed by atoms with Gasteiger partial charge in [-0.25, -0.2) is 4.79 Å². The average Bonchev–Trinajstić information content (AvgIpc) is 2.38. The van der Waals surface area contributed by atoms with Gasteiger partial charge in [0.15, 0.2) is 0 Å². The molecule has 0 aromatic heterocycles. The fourth-order valence-corrected chi connectivity index (χ4v) is 2.34. The van der Waals surface area contributed by atoms with Crippen molar-refractivity contribution in [2.45, 2.75) is 31.9 Å². The zero-order chi connectivity index (χ0) is 13.4. The molecular formula is C14H20O3S. The van der Waals surface area contributed by atoms with E-state index < -0.39 is 5.97 Å². The van der Waals surface area contributed by atoms with Gasteiger partial charge in [-0.2, -0.15) is 11.8 Å². The predicted molar refractivity (Wildman–Crippen MR) is 75.7 cm³/mol. The predicted octanol–water partition coefficient (Wildman–Crippen LogP) is 3.69. The van der Waals surface area contributed by atoms with E-state index in [0.717, 1.165) is 12.2 Å². The van der Waals surface area contributed by atoms with E-state index in [1.165, 1.54) is 6.42 Å². The van der Waals surface area contributed by atoms with Crippen LogP contribution in [0.4, 0.5) is 0 Å². The van der Waals surface area contributed by atoms with Gasteiger partial charge in [-0.15, -0.1) is 0 Å². The van der Waals surface area contributed by atoms with Crippen molar-refractivity contribution in [3.05, 3.63) is 29.8 Å². The summed E-state index contributed by atoms with van der Waals surface area (Å²) in [7, 11) is 0. The van der Waals surface area contributed by atoms with Crippen molar-refractivity contribution in [3.8, 4) is 5.75 Å². The first-order chi connectivity index (χ1) is 8.65. The summed E-state index contributed by atoms with van der Waals surface area (Å²) in [4.78, 5) is 11.0. The fourth-order valence-electron chi connectivity index (χ4n) is 1.41. The molecule has 1 aromatic carbocycles. The van der Waals surface area contributed by atoms with Crippen LogP contribution in [0.2, 0.25) is 0 Å². The maximum Gasteiger partial charge on any atom is 0.339 e. The Bertz CT molecular complexity index is 379. The summed E-state index contributed by atoms with van der Waals surface area (Å²) in [5.74, 6) is 0.558. The van der Waals surface area contributed by atoms with E-state index in [-0.39, 0.29) is 5.56 Å². The molecule has 0 aliphatic rings. The minimum atomic E-state index is -0.945. The molecule has 0 saturated carbocycles. The van der Waals surface area contributed by atoms with E-state index in [4.69, 9.17) is 9.84 Å². The van der Waals surface area contributed by atoms with Gasteiger partial charge in [0.25, 0.3) is 0 Å². The molecule has 3 nitrogen and oxygen atoms in total. The summed E-state index contributed by atoms with van der Waals surface area (Å²) in [5, 5.41) is 9.67. The third-order valence-electron chi connectivity index (χ3n) is 2.64. The smallest absolute Gasteiger partial charge is 0.339 e. The topological polar surface area (TPSA) is 46.5 Å². The summed E-state index contributed by atoms with van der Waals surface area (Å²) >= 11 is 1.93. The first-order valence-electron chi connectivity index (χ1n) is 6.21. The normalized spacial score (nSPS) is 12.1. The molecule has 1 rings (SSSR count). The fraction of sp³-hybridized carbons (Fsp3) is 0.500. The molecule has 0 amide bonds. The third-order valence-corrected chi connectivity index (χ3v) is 4.07. The van der Waals surface area contributed by atoms with Gasteiger partial charge in [-0.3, -0.25) is 0 Å². The number of ether oxygens (including phenoxy) is 1. The standard InChI is InChI=1S/C14H20O3S/c1-3-11(2)18-10-6-9-17-13-8-5-4-7-12(13)14(15)16/h4-5,7-8,11H,3,6,9-10H2,1-2H3,(H,15,16)/t11-/m0/s1. The molecule has 4 heteroatoms. The molecule has 1 aromatic rings. The second kappa shape index (κ2) is 8.03. The van der Waals surface area contributed by atoms with E-state index in [2.05, 4.69) is 13.8 Å². The van der Waals surface area contributed by atoms with Crippen molar-refractivity contribution in [2.75, 3.05) is 12.4 Å². The molecular weight excluding hydrogens is 248 g/mol. The molecule has 0 bridgehead atoms. The van der Waals surface area contributed by atoms with Crippen molar-refractivity contribution in [1.29, 1.82) is 0 Å². The van der Waals surface area contributed by atoms with Gasteiger partial charge in [0.05, 0.1) is 6.61 Å². The Labute approximate surface area is 113 Å². The number of hydrogen-bond donors (Lipinski definition) is 1. The molecule has 1 atom stereocenters. The molecule has 100 valence electrons. The molecule has 0 spiro atoms. The summed E-state index contributed by atoms with van der Waals surface area (Å²) in [5.41, 5.74) is 0.229. The van der Waals surface area contributed by atoms with Crippen LogP contribution in [-0.4, -0.2) is 28.7 Å². The number of carboxylic acid groups (broad SMARTS) is 1. The number of carbonyl (C=O) groups is 1. The third kappa shape index (κ3) is 5.00. The van der Waals surface area contributed by atoms with Crippen molar-refractivity contribution >= 4 is 17.7 Å². The van der Waals surface area contributed by atoms with Crippen LogP contribution in [0, 0.1) is 0 Å². The Morgan fingerprint density at radius 2 is 2.17 bits per heavy atom. The lowest BCUT2D eigenvalue weighted by Crippen LogP contribution is -2.05. The van der Waals surface area contributed by atoms with Gasteiger partial charge in [0.2, 0.25) is 0 Å². The van der Waals surface area contributed by atoms with E-state index in [0.29, 0.717) is 17.6 Å². The Balaban J connectivity index is 2.33. The molecule has 0 fully saturated rings. The number of para-hydroxylation sites is 1. The number of carboxylic acids is 1. The molecule has 0 aliphatic heterocycles.